The Balaban J connectivity index is 1.68. The second-order valence-corrected chi connectivity index (χ2v) is 8.05. The summed E-state index contributed by atoms with van der Waals surface area (Å²) < 4.78 is 28.3. The second-order valence-electron chi connectivity index (χ2n) is 5.39. The lowest BCUT2D eigenvalue weighted by Gasteiger charge is -2.19. The normalized spacial score (nSPS) is 20.7. The quantitative estimate of drug-likeness (QED) is 0.924. The first-order valence-corrected chi connectivity index (χ1v) is 9.55. The van der Waals surface area contributed by atoms with E-state index < -0.39 is 10.0 Å². The van der Waals surface area contributed by atoms with Crippen LogP contribution in [-0.4, -0.2) is 43.9 Å². The third kappa shape index (κ3) is 3.41. The van der Waals surface area contributed by atoms with E-state index in [4.69, 9.17) is 0 Å². The molecule has 1 aromatic rings. The van der Waals surface area contributed by atoms with Crippen LogP contribution < -0.4 is 5.32 Å². The molecule has 114 valence electrons. The summed E-state index contributed by atoms with van der Waals surface area (Å²) in [4.78, 5) is 2.67. The predicted molar refractivity (Wildman–Crippen MR) is 87.6 cm³/mol. The van der Waals surface area contributed by atoms with Crippen molar-refractivity contribution < 1.29 is 8.42 Å². The van der Waals surface area contributed by atoms with Crippen LogP contribution in [0.2, 0.25) is 0 Å². The van der Waals surface area contributed by atoms with Gasteiger partial charge in [0.05, 0.1) is 5.69 Å². The van der Waals surface area contributed by atoms with Crippen LogP contribution in [0.5, 0.6) is 0 Å². The van der Waals surface area contributed by atoms with E-state index in [0.717, 1.165) is 31.0 Å². The Kier molecular flexibility index (Phi) is 4.24. The molecular formula is C14H19N3O2S2. The summed E-state index contributed by atoms with van der Waals surface area (Å²) in [6.07, 6.45) is 2.54. The van der Waals surface area contributed by atoms with Crippen LogP contribution in [0.15, 0.2) is 27.5 Å². The highest BCUT2D eigenvalue weighted by Gasteiger charge is 2.25. The minimum atomic E-state index is -3.57. The van der Waals surface area contributed by atoms with E-state index in [1.807, 2.05) is 13.0 Å². The molecule has 0 bridgehead atoms. The third-order valence-electron chi connectivity index (χ3n) is 3.70. The van der Waals surface area contributed by atoms with Crippen LogP contribution in [0.3, 0.4) is 0 Å². The number of thioether (sulfide) groups is 1. The number of aryl methyl sites for hydroxylation is 1. The Bertz CT molecular complexity index is 665. The van der Waals surface area contributed by atoms with Gasteiger partial charge in [0.1, 0.15) is 4.90 Å². The zero-order valence-electron chi connectivity index (χ0n) is 12.0. The third-order valence-corrected chi connectivity index (χ3v) is 5.99. The number of nitrogens with zero attached hydrogens (tertiary/aromatic N) is 2. The summed E-state index contributed by atoms with van der Waals surface area (Å²) in [6, 6.07) is 5.37. The minimum Gasteiger partial charge on any atom is -0.333 e. The van der Waals surface area contributed by atoms with Gasteiger partial charge in [0.25, 0.3) is 10.0 Å². The molecule has 0 amide bonds. The van der Waals surface area contributed by atoms with E-state index in [1.54, 1.807) is 12.1 Å². The van der Waals surface area contributed by atoms with Crippen molar-refractivity contribution >= 4 is 32.6 Å². The van der Waals surface area contributed by atoms with E-state index in [0.29, 0.717) is 10.9 Å². The number of fused-ring (bicyclic) bond motifs is 1. The smallest absolute Gasteiger partial charge is 0.286 e. The molecule has 2 heterocycles. The van der Waals surface area contributed by atoms with Crippen LogP contribution in [0.25, 0.3) is 0 Å². The van der Waals surface area contributed by atoms with Crippen molar-refractivity contribution in [1.82, 2.24) is 4.90 Å². The fourth-order valence-electron chi connectivity index (χ4n) is 2.58. The number of hydrogen-bond acceptors (Lipinski definition) is 5. The second kappa shape index (κ2) is 5.98. The molecule has 1 saturated heterocycles. The average molecular weight is 325 g/mol. The zero-order valence-corrected chi connectivity index (χ0v) is 13.6. The van der Waals surface area contributed by atoms with Gasteiger partial charge < -0.3 is 10.2 Å². The number of anilines is 1. The van der Waals surface area contributed by atoms with Crippen molar-refractivity contribution in [2.24, 2.45) is 4.40 Å². The molecule has 2 aliphatic rings. The molecule has 1 aromatic carbocycles. The van der Waals surface area contributed by atoms with E-state index in [2.05, 4.69) is 14.6 Å². The molecule has 0 unspecified atom stereocenters. The Morgan fingerprint density at radius 2 is 2.10 bits per heavy atom. The van der Waals surface area contributed by atoms with Gasteiger partial charge in [0.15, 0.2) is 5.17 Å². The van der Waals surface area contributed by atoms with Crippen molar-refractivity contribution in [3.8, 4) is 0 Å². The van der Waals surface area contributed by atoms with Crippen LogP contribution in [0.1, 0.15) is 18.4 Å². The Labute approximate surface area is 129 Å². The number of hydrogen-bond donors (Lipinski definition) is 1. The van der Waals surface area contributed by atoms with Crippen molar-refractivity contribution in [2.75, 3.05) is 30.7 Å². The number of sulfonamides is 1. The minimum absolute atomic E-state index is 0.270. The summed E-state index contributed by atoms with van der Waals surface area (Å²) in [5.41, 5.74) is 1.54. The average Bonchev–Trinajstić information content (AvgIpc) is 2.92. The van der Waals surface area contributed by atoms with Crippen molar-refractivity contribution in [1.29, 1.82) is 0 Å². The van der Waals surface area contributed by atoms with Crippen LogP contribution in [0.4, 0.5) is 5.69 Å². The molecule has 7 heteroatoms. The fraction of sp³-hybridized carbons (Fsp3) is 0.500. The molecule has 5 nitrogen and oxygen atoms in total. The summed E-state index contributed by atoms with van der Waals surface area (Å²) in [7, 11) is -3.57. The number of nitrogens with one attached hydrogen (secondary N) is 1. The Hall–Kier alpha value is -1.05. The van der Waals surface area contributed by atoms with E-state index in [1.165, 1.54) is 24.6 Å². The van der Waals surface area contributed by atoms with E-state index >= 15 is 0 Å². The molecule has 1 fully saturated rings. The van der Waals surface area contributed by atoms with Gasteiger partial charge in [-0.3, -0.25) is 0 Å². The Morgan fingerprint density at radius 3 is 2.86 bits per heavy atom. The molecule has 0 spiro atoms. The highest BCUT2D eigenvalue weighted by Crippen LogP contribution is 2.30. The van der Waals surface area contributed by atoms with Crippen LogP contribution in [-0.2, 0) is 10.0 Å². The number of rotatable bonds is 3. The first-order valence-electron chi connectivity index (χ1n) is 7.12. The summed E-state index contributed by atoms with van der Waals surface area (Å²) >= 11 is 1.47. The van der Waals surface area contributed by atoms with Crippen molar-refractivity contribution in [3.05, 3.63) is 23.8 Å². The maximum absolute atomic E-state index is 12.2. The highest BCUT2D eigenvalue weighted by atomic mass is 32.2. The van der Waals surface area contributed by atoms with Gasteiger partial charge in [-0.05, 0) is 50.6 Å². The number of likely N-dealkylation sites (tertiary alicyclic amines) is 1. The Morgan fingerprint density at radius 1 is 1.33 bits per heavy atom. The van der Waals surface area contributed by atoms with Gasteiger partial charge in [-0.25, -0.2) is 0 Å². The van der Waals surface area contributed by atoms with Crippen LogP contribution >= 0.6 is 11.8 Å². The summed E-state index contributed by atoms with van der Waals surface area (Å²) in [5, 5.41) is 3.60. The number of benzene rings is 1. The molecule has 2 aliphatic heterocycles. The first-order chi connectivity index (χ1) is 10.0. The van der Waals surface area contributed by atoms with Gasteiger partial charge in [0.2, 0.25) is 0 Å². The molecule has 0 radical (unpaired) electrons. The molecule has 0 atom stereocenters. The molecule has 0 saturated carbocycles. The van der Waals surface area contributed by atoms with Gasteiger partial charge in [-0.2, -0.15) is 8.42 Å². The molecule has 1 N–H and O–H groups in total. The first kappa shape index (κ1) is 14.9. The maximum atomic E-state index is 12.2. The summed E-state index contributed by atoms with van der Waals surface area (Å²) in [6.45, 7) is 5.16. The van der Waals surface area contributed by atoms with Crippen molar-refractivity contribution in [2.45, 2.75) is 24.7 Å². The van der Waals surface area contributed by atoms with Gasteiger partial charge in [-0.15, -0.1) is 4.40 Å². The van der Waals surface area contributed by atoms with Crippen molar-refractivity contribution in [3.63, 3.8) is 0 Å². The monoisotopic (exact) mass is 325 g/mol. The molecular weight excluding hydrogens is 306 g/mol. The van der Waals surface area contributed by atoms with Crippen LogP contribution in [0, 0.1) is 6.92 Å². The molecule has 0 aromatic heterocycles. The topological polar surface area (TPSA) is 61.8 Å². The lowest BCUT2D eigenvalue weighted by atomic mass is 10.2. The predicted octanol–water partition coefficient (Wildman–Crippen LogP) is 2.29. The largest absolute Gasteiger partial charge is 0.333 e. The molecule has 3 rings (SSSR count). The van der Waals surface area contributed by atoms with E-state index in [9.17, 15) is 8.42 Å². The molecule has 0 aliphatic carbocycles. The number of amidine groups is 1. The SMILES string of the molecule is Cc1ccc2c(c1)S(=O)(=O)N=C(SCCN1CCCC1)N2. The molecule has 21 heavy (non-hydrogen) atoms. The maximum Gasteiger partial charge on any atom is 0.286 e. The summed E-state index contributed by atoms with van der Waals surface area (Å²) in [5.74, 6) is 0.850. The lowest BCUT2D eigenvalue weighted by Crippen LogP contribution is -2.24. The van der Waals surface area contributed by atoms with Gasteiger partial charge in [-0.1, -0.05) is 17.8 Å². The fourth-order valence-corrected chi connectivity index (χ4v) is 4.91. The zero-order chi connectivity index (χ0) is 14.9. The van der Waals surface area contributed by atoms with E-state index in [-0.39, 0.29) is 4.90 Å². The van der Waals surface area contributed by atoms with Gasteiger partial charge in [0, 0.05) is 12.3 Å². The van der Waals surface area contributed by atoms with Gasteiger partial charge >= 0.3 is 0 Å². The lowest BCUT2D eigenvalue weighted by molar-refractivity contribution is 0.362. The highest BCUT2D eigenvalue weighted by molar-refractivity contribution is 8.14. The standard InChI is InChI=1S/C14H19N3O2S2/c1-11-4-5-12-13(10-11)21(18,19)16-14(15-12)20-9-8-17-6-2-3-7-17/h4-5,10H,2-3,6-9H2,1H3,(H,15,16).